The van der Waals surface area contributed by atoms with Crippen LogP contribution in [0.3, 0.4) is 0 Å². The maximum absolute atomic E-state index is 11.8. The van der Waals surface area contributed by atoms with Crippen LogP contribution in [-0.2, 0) is 20.9 Å². The zero-order valence-electron chi connectivity index (χ0n) is 14.4. The molecule has 1 aliphatic carbocycles. The summed E-state index contributed by atoms with van der Waals surface area (Å²) in [6.45, 7) is 2.95. The van der Waals surface area contributed by atoms with Gasteiger partial charge in [0.25, 0.3) is 5.91 Å². The topological polar surface area (TPSA) is 106 Å². The van der Waals surface area contributed by atoms with Crippen molar-refractivity contribution in [2.75, 3.05) is 6.61 Å². The predicted molar refractivity (Wildman–Crippen MR) is 92.4 cm³/mol. The van der Waals surface area contributed by atoms with E-state index in [1.165, 1.54) is 4.57 Å². The Hall–Kier alpha value is -2.16. The number of hydrogen-bond donors (Lipinski definition) is 2. The van der Waals surface area contributed by atoms with Crippen LogP contribution >= 0.6 is 11.3 Å². The van der Waals surface area contributed by atoms with Crippen LogP contribution in [0, 0.1) is 12.8 Å². The number of hydrogen-bond acceptors (Lipinski definition) is 6. The van der Waals surface area contributed by atoms with Crippen LogP contribution in [0.25, 0.3) is 0 Å². The lowest BCUT2D eigenvalue weighted by Gasteiger charge is -2.29. The Labute approximate surface area is 149 Å². The number of rotatable bonds is 5. The van der Waals surface area contributed by atoms with Gasteiger partial charge in [-0.2, -0.15) is 0 Å². The molecule has 1 aromatic rings. The number of carbonyl (C=O) groups is 3. The van der Waals surface area contributed by atoms with Gasteiger partial charge in [-0.3, -0.25) is 24.3 Å². The third-order valence-electron chi connectivity index (χ3n) is 4.31. The summed E-state index contributed by atoms with van der Waals surface area (Å²) in [5, 5.41) is 6.57. The summed E-state index contributed by atoms with van der Waals surface area (Å²) in [7, 11) is 0. The second-order valence-corrected chi connectivity index (χ2v) is 7.10. The summed E-state index contributed by atoms with van der Waals surface area (Å²) in [6.07, 6.45) is 4.16. The molecule has 25 heavy (non-hydrogen) atoms. The summed E-state index contributed by atoms with van der Waals surface area (Å²) < 4.78 is 6.08. The molecule has 1 aromatic heterocycles. The second-order valence-electron chi connectivity index (χ2n) is 6.28. The number of carbonyl (C=O) groups excluding carboxylic acids is 3. The van der Waals surface area contributed by atoms with Crippen molar-refractivity contribution in [3.63, 3.8) is 0 Å². The summed E-state index contributed by atoms with van der Waals surface area (Å²) in [5.74, 6) is -1.04. The van der Waals surface area contributed by atoms with Crippen molar-refractivity contribution in [2.45, 2.75) is 52.1 Å². The quantitative estimate of drug-likeness (QED) is 0.758. The van der Waals surface area contributed by atoms with Gasteiger partial charge in [-0.15, -0.1) is 0 Å². The molecular weight excluding hydrogens is 346 g/mol. The first-order chi connectivity index (χ1) is 11.9. The van der Waals surface area contributed by atoms with E-state index in [1.807, 2.05) is 0 Å². The highest BCUT2D eigenvalue weighted by Crippen LogP contribution is 2.23. The lowest BCUT2D eigenvalue weighted by atomic mass is 9.86. The van der Waals surface area contributed by atoms with Gasteiger partial charge < -0.3 is 10.1 Å². The smallest absolute Gasteiger partial charge is 0.326 e. The van der Waals surface area contributed by atoms with E-state index >= 15 is 0 Å². The number of nitrogens with zero attached hydrogens (tertiary/aromatic N) is 1. The normalized spacial score (nSPS) is 19.9. The molecule has 9 heteroatoms. The van der Waals surface area contributed by atoms with Crippen LogP contribution in [0.1, 0.15) is 38.3 Å². The van der Waals surface area contributed by atoms with Crippen molar-refractivity contribution in [1.29, 1.82) is 0 Å². The van der Waals surface area contributed by atoms with Gasteiger partial charge in [0.15, 0.2) is 6.61 Å². The van der Waals surface area contributed by atoms with Crippen LogP contribution < -0.4 is 15.5 Å². The second kappa shape index (κ2) is 8.80. The molecule has 1 fully saturated rings. The van der Waals surface area contributed by atoms with Gasteiger partial charge in [-0.05, 0) is 25.7 Å². The largest absolute Gasteiger partial charge is 0.454 e. The van der Waals surface area contributed by atoms with Gasteiger partial charge in [0, 0.05) is 17.1 Å². The van der Waals surface area contributed by atoms with Crippen molar-refractivity contribution in [3.8, 4) is 0 Å². The Balaban J connectivity index is 1.71. The van der Waals surface area contributed by atoms with Crippen LogP contribution in [0.5, 0.6) is 0 Å². The predicted octanol–water partition coefficient (Wildman–Crippen LogP) is 1.17. The average Bonchev–Trinajstić information content (AvgIpc) is 2.87. The number of imide groups is 1. The van der Waals surface area contributed by atoms with E-state index in [0.717, 1.165) is 37.0 Å². The standard InChI is InChI=1S/C16H23N3O5S/c1-10-5-3-4-6-12(10)17-15(22)18-13(20)8-24-14(21)7-19-11(2)9-25-16(19)23/h9-10,12H,3-8H2,1-2H3,(H2,17,18,20,22)/t10-,12+/m1/s1. The van der Waals surface area contributed by atoms with Crippen molar-refractivity contribution in [2.24, 2.45) is 5.92 Å². The third-order valence-corrected chi connectivity index (χ3v) is 5.19. The molecule has 0 radical (unpaired) electrons. The first-order valence-electron chi connectivity index (χ1n) is 8.27. The summed E-state index contributed by atoms with van der Waals surface area (Å²) in [6, 6.07) is -0.526. The monoisotopic (exact) mass is 369 g/mol. The minimum absolute atomic E-state index is 0.0533. The number of urea groups is 1. The lowest BCUT2D eigenvalue weighted by molar-refractivity contribution is -0.148. The minimum Gasteiger partial charge on any atom is -0.454 e. The highest BCUT2D eigenvalue weighted by atomic mass is 32.1. The molecule has 0 aliphatic heterocycles. The minimum atomic E-state index is -0.708. The molecule has 2 atom stereocenters. The van der Waals surface area contributed by atoms with Gasteiger partial charge in [-0.1, -0.05) is 31.1 Å². The van der Waals surface area contributed by atoms with Crippen LogP contribution in [-0.4, -0.2) is 35.1 Å². The van der Waals surface area contributed by atoms with Gasteiger partial charge in [0.05, 0.1) is 0 Å². The Morgan fingerprint density at radius 2 is 2.04 bits per heavy atom. The van der Waals surface area contributed by atoms with Crippen LogP contribution in [0.15, 0.2) is 10.2 Å². The lowest BCUT2D eigenvalue weighted by Crippen LogP contribution is -2.48. The van der Waals surface area contributed by atoms with E-state index in [0.29, 0.717) is 11.6 Å². The molecule has 2 N–H and O–H groups in total. The molecule has 0 spiro atoms. The van der Waals surface area contributed by atoms with Gasteiger partial charge >= 0.3 is 16.9 Å². The zero-order valence-corrected chi connectivity index (χ0v) is 15.2. The molecule has 1 aliphatic rings. The Morgan fingerprint density at radius 1 is 1.32 bits per heavy atom. The fraction of sp³-hybridized carbons (Fsp3) is 0.625. The van der Waals surface area contributed by atoms with Crippen molar-refractivity contribution < 1.29 is 19.1 Å². The first-order valence-corrected chi connectivity index (χ1v) is 9.15. The molecule has 0 bridgehead atoms. The van der Waals surface area contributed by atoms with Crippen molar-refractivity contribution in [3.05, 3.63) is 20.7 Å². The number of aromatic nitrogens is 1. The van der Waals surface area contributed by atoms with E-state index in [4.69, 9.17) is 4.74 Å². The summed E-state index contributed by atoms with van der Waals surface area (Å²) >= 11 is 0.990. The molecule has 2 rings (SSSR count). The highest BCUT2D eigenvalue weighted by molar-refractivity contribution is 7.07. The maximum atomic E-state index is 11.8. The van der Waals surface area contributed by atoms with E-state index < -0.39 is 24.5 Å². The van der Waals surface area contributed by atoms with Gasteiger partial charge in [-0.25, -0.2) is 4.79 Å². The molecule has 1 saturated carbocycles. The van der Waals surface area contributed by atoms with E-state index in [1.54, 1.807) is 12.3 Å². The SMILES string of the molecule is Cc1csc(=O)n1CC(=O)OCC(=O)NC(=O)N[C@H]1CCCC[C@H]1C. The molecule has 0 unspecified atom stereocenters. The fourth-order valence-corrected chi connectivity index (χ4v) is 3.55. The van der Waals surface area contributed by atoms with Crippen molar-refractivity contribution in [1.82, 2.24) is 15.2 Å². The van der Waals surface area contributed by atoms with Gasteiger partial charge in [0.1, 0.15) is 6.54 Å². The highest BCUT2D eigenvalue weighted by Gasteiger charge is 2.23. The molecule has 138 valence electrons. The number of amides is 3. The molecule has 1 heterocycles. The number of thiazole rings is 1. The van der Waals surface area contributed by atoms with E-state index in [-0.39, 0.29) is 17.5 Å². The number of nitrogens with one attached hydrogen (secondary N) is 2. The zero-order chi connectivity index (χ0) is 18.4. The molecule has 8 nitrogen and oxygen atoms in total. The molecule has 0 saturated heterocycles. The Morgan fingerprint density at radius 3 is 2.68 bits per heavy atom. The maximum Gasteiger partial charge on any atom is 0.326 e. The van der Waals surface area contributed by atoms with E-state index in [9.17, 15) is 19.2 Å². The summed E-state index contributed by atoms with van der Waals surface area (Å²) in [4.78, 5) is 46.5. The van der Waals surface area contributed by atoms with Gasteiger partial charge in [0.2, 0.25) is 0 Å². The fourth-order valence-electron chi connectivity index (χ4n) is 2.81. The Bertz CT molecular complexity index is 696. The van der Waals surface area contributed by atoms with Crippen LogP contribution in [0.2, 0.25) is 0 Å². The van der Waals surface area contributed by atoms with Crippen LogP contribution in [0.4, 0.5) is 4.79 Å². The van der Waals surface area contributed by atoms with E-state index in [2.05, 4.69) is 17.6 Å². The summed E-state index contributed by atoms with van der Waals surface area (Å²) in [5.41, 5.74) is 0.650. The molecule has 0 aromatic carbocycles. The average molecular weight is 369 g/mol. The number of ether oxygens (including phenoxy) is 1. The van der Waals surface area contributed by atoms with Crippen molar-refractivity contribution >= 4 is 29.2 Å². The molecule has 3 amide bonds. The number of esters is 1. The first kappa shape index (κ1) is 19.2. The Kier molecular flexibility index (Phi) is 6.74. The number of aryl methyl sites for hydroxylation is 1. The third kappa shape index (κ3) is 5.70. The molecular formula is C16H23N3O5S.